The second-order valence-electron chi connectivity index (χ2n) is 7.07. The van der Waals surface area contributed by atoms with Gasteiger partial charge in [-0.25, -0.2) is 8.78 Å². The van der Waals surface area contributed by atoms with E-state index in [0.29, 0.717) is 16.7 Å². The Labute approximate surface area is 150 Å². The molecule has 1 heterocycles. The molecule has 2 aromatic carbocycles. The van der Waals surface area contributed by atoms with Crippen molar-refractivity contribution in [3.8, 4) is 11.1 Å². The van der Waals surface area contributed by atoms with Gasteiger partial charge in [-0.2, -0.15) is 0 Å². The average molecular weight is 359 g/mol. The van der Waals surface area contributed by atoms with Crippen molar-refractivity contribution in [3.05, 3.63) is 59.7 Å². The molecule has 0 unspecified atom stereocenters. The quantitative estimate of drug-likeness (QED) is 0.903. The van der Waals surface area contributed by atoms with Gasteiger partial charge in [0.05, 0.1) is 18.5 Å². The Hall–Kier alpha value is -2.76. The van der Waals surface area contributed by atoms with Crippen LogP contribution in [0.15, 0.2) is 48.5 Å². The predicted octanol–water partition coefficient (Wildman–Crippen LogP) is 3.81. The number of alkyl halides is 2. The molecule has 6 heteroatoms. The normalized spacial score (nSPS) is 16.1. The van der Waals surface area contributed by atoms with E-state index in [1.165, 1.54) is 0 Å². The van der Waals surface area contributed by atoms with Crippen LogP contribution in [-0.2, 0) is 10.2 Å². The zero-order valence-corrected chi connectivity index (χ0v) is 14.5. The molecule has 4 nitrogen and oxygen atoms in total. The lowest BCUT2D eigenvalue weighted by Crippen LogP contribution is -2.58. The van der Waals surface area contributed by atoms with Crippen molar-refractivity contribution in [1.29, 1.82) is 0 Å². The van der Waals surface area contributed by atoms with Gasteiger partial charge in [0, 0.05) is 5.56 Å². The van der Waals surface area contributed by atoms with E-state index in [-0.39, 0.29) is 0 Å². The van der Waals surface area contributed by atoms with Crippen molar-refractivity contribution in [2.45, 2.75) is 25.2 Å². The van der Waals surface area contributed by atoms with Crippen molar-refractivity contribution in [3.63, 3.8) is 0 Å². The van der Waals surface area contributed by atoms with E-state index in [1.807, 2.05) is 0 Å². The zero-order valence-electron chi connectivity index (χ0n) is 14.5. The second kappa shape index (κ2) is 6.20. The highest BCUT2D eigenvalue weighted by Gasteiger charge is 2.46. The summed E-state index contributed by atoms with van der Waals surface area (Å²) in [7, 11) is 0. The fraction of sp³-hybridized carbons (Fsp3) is 0.300. The number of hydrogen-bond donors (Lipinski definition) is 1. The number of likely N-dealkylation sites (tertiary alicyclic amines) is 1. The molecular formula is C20H19F2NO3. The number of carbonyl (C=O) groups is 2. The summed E-state index contributed by atoms with van der Waals surface area (Å²) >= 11 is 0. The van der Waals surface area contributed by atoms with Crippen LogP contribution in [0.4, 0.5) is 8.78 Å². The maximum absolute atomic E-state index is 13.1. The van der Waals surface area contributed by atoms with Gasteiger partial charge < -0.3 is 10.0 Å². The van der Waals surface area contributed by atoms with E-state index < -0.39 is 36.3 Å². The summed E-state index contributed by atoms with van der Waals surface area (Å²) in [4.78, 5) is 25.0. The summed E-state index contributed by atoms with van der Waals surface area (Å²) in [6.45, 7) is 2.11. The lowest BCUT2D eigenvalue weighted by molar-refractivity contribution is -0.142. The first-order chi connectivity index (χ1) is 12.1. The highest BCUT2D eigenvalue weighted by molar-refractivity contribution is 6.01. The van der Waals surface area contributed by atoms with E-state index in [2.05, 4.69) is 0 Å². The molecule has 0 aromatic heterocycles. The number of amides is 1. The third-order valence-corrected chi connectivity index (χ3v) is 4.74. The average Bonchev–Trinajstić information content (AvgIpc) is 2.59. The van der Waals surface area contributed by atoms with Gasteiger partial charge in [-0.1, -0.05) is 42.5 Å². The second-order valence-corrected chi connectivity index (χ2v) is 7.07. The Morgan fingerprint density at radius 3 is 2.15 bits per heavy atom. The Morgan fingerprint density at radius 1 is 1.04 bits per heavy atom. The van der Waals surface area contributed by atoms with E-state index in [9.17, 15) is 23.5 Å². The molecular weight excluding hydrogens is 340 g/mol. The molecule has 26 heavy (non-hydrogen) atoms. The molecule has 1 aliphatic heterocycles. The Morgan fingerprint density at radius 2 is 1.62 bits per heavy atom. The van der Waals surface area contributed by atoms with Crippen LogP contribution in [0, 0.1) is 0 Å². The minimum atomic E-state index is -2.81. The molecule has 1 N–H and O–H groups in total. The number of rotatable bonds is 4. The van der Waals surface area contributed by atoms with Crippen LogP contribution in [0.3, 0.4) is 0 Å². The first-order valence-corrected chi connectivity index (χ1v) is 8.22. The number of nitrogens with zero attached hydrogens (tertiary/aromatic N) is 1. The van der Waals surface area contributed by atoms with Gasteiger partial charge in [-0.05, 0) is 36.6 Å². The summed E-state index contributed by atoms with van der Waals surface area (Å²) in [6, 6.07) is 13.7. The summed E-state index contributed by atoms with van der Waals surface area (Å²) in [5.41, 5.74) is 1.32. The minimum Gasteiger partial charge on any atom is -0.481 e. The lowest BCUT2D eigenvalue weighted by Gasteiger charge is -2.39. The van der Waals surface area contributed by atoms with Gasteiger partial charge in [0.15, 0.2) is 0 Å². The monoisotopic (exact) mass is 359 g/mol. The van der Waals surface area contributed by atoms with E-state index in [0.717, 1.165) is 10.5 Å². The van der Waals surface area contributed by atoms with Crippen molar-refractivity contribution < 1.29 is 23.5 Å². The fourth-order valence-electron chi connectivity index (χ4n) is 2.94. The van der Waals surface area contributed by atoms with Crippen LogP contribution in [0.2, 0.25) is 0 Å². The van der Waals surface area contributed by atoms with Crippen molar-refractivity contribution in [2.75, 3.05) is 13.1 Å². The van der Waals surface area contributed by atoms with Crippen molar-refractivity contribution in [1.82, 2.24) is 4.90 Å². The van der Waals surface area contributed by atoms with Gasteiger partial charge in [-0.15, -0.1) is 0 Å². The highest BCUT2D eigenvalue weighted by atomic mass is 19.3. The van der Waals surface area contributed by atoms with Crippen LogP contribution in [0.1, 0.15) is 29.8 Å². The standard InChI is InChI=1S/C20H19F2NO3/c1-19(2,18(25)26)14-9-7-13(8-10-14)15-5-3-4-6-16(15)17(24)23-11-20(21,22)12-23/h3-10H,11-12H2,1-2H3,(H,25,26). The van der Waals surface area contributed by atoms with Gasteiger partial charge in [0.25, 0.3) is 11.8 Å². The number of carboxylic acids is 1. The third-order valence-electron chi connectivity index (χ3n) is 4.74. The van der Waals surface area contributed by atoms with Crippen LogP contribution >= 0.6 is 0 Å². The number of halogens is 2. The Balaban J connectivity index is 1.91. The molecule has 0 radical (unpaired) electrons. The lowest BCUT2D eigenvalue weighted by atomic mass is 9.84. The van der Waals surface area contributed by atoms with Gasteiger partial charge >= 0.3 is 5.97 Å². The summed E-state index contributed by atoms with van der Waals surface area (Å²) < 4.78 is 26.1. The van der Waals surface area contributed by atoms with Crippen LogP contribution in [0.25, 0.3) is 11.1 Å². The first-order valence-electron chi connectivity index (χ1n) is 8.22. The van der Waals surface area contributed by atoms with Crippen LogP contribution < -0.4 is 0 Å². The molecule has 0 aliphatic carbocycles. The van der Waals surface area contributed by atoms with Crippen LogP contribution in [0.5, 0.6) is 0 Å². The molecule has 0 bridgehead atoms. The maximum atomic E-state index is 13.1. The number of benzene rings is 2. The summed E-state index contributed by atoms with van der Waals surface area (Å²) in [5.74, 6) is -4.17. The molecule has 2 aromatic rings. The smallest absolute Gasteiger partial charge is 0.313 e. The molecule has 1 aliphatic rings. The molecule has 0 spiro atoms. The number of carboxylic acid groups (broad SMARTS) is 1. The van der Waals surface area contributed by atoms with E-state index in [1.54, 1.807) is 62.4 Å². The SMILES string of the molecule is CC(C)(C(=O)O)c1ccc(-c2ccccc2C(=O)N2CC(F)(F)C2)cc1. The van der Waals surface area contributed by atoms with Gasteiger partial charge in [0.1, 0.15) is 0 Å². The zero-order chi connectivity index (χ0) is 19.1. The van der Waals surface area contributed by atoms with E-state index >= 15 is 0 Å². The van der Waals surface area contributed by atoms with Crippen molar-refractivity contribution in [2.24, 2.45) is 0 Å². The van der Waals surface area contributed by atoms with Crippen molar-refractivity contribution >= 4 is 11.9 Å². The molecule has 0 atom stereocenters. The molecule has 1 fully saturated rings. The van der Waals surface area contributed by atoms with Gasteiger partial charge in [-0.3, -0.25) is 9.59 Å². The Kier molecular flexibility index (Phi) is 4.30. The number of hydrogen-bond acceptors (Lipinski definition) is 2. The highest BCUT2D eigenvalue weighted by Crippen LogP contribution is 2.32. The maximum Gasteiger partial charge on any atom is 0.313 e. The molecule has 136 valence electrons. The molecule has 3 rings (SSSR count). The summed E-state index contributed by atoms with van der Waals surface area (Å²) in [5, 5.41) is 9.32. The minimum absolute atomic E-state index is 0.355. The number of aliphatic carboxylic acids is 1. The van der Waals surface area contributed by atoms with E-state index in [4.69, 9.17) is 0 Å². The van der Waals surface area contributed by atoms with Gasteiger partial charge in [0.2, 0.25) is 0 Å². The fourth-order valence-corrected chi connectivity index (χ4v) is 2.94. The number of carbonyl (C=O) groups excluding carboxylic acids is 1. The van der Waals surface area contributed by atoms with Crippen LogP contribution in [-0.4, -0.2) is 40.9 Å². The molecule has 0 saturated carbocycles. The third kappa shape index (κ3) is 3.19. The topological polar surface area (TPSA) is 57.6 Å². The Bertz CT molecular complexity index is 852. The predicted molar refractivity (Wildman–Crippen MR) is 93.4 cm³/mol. The molecule has 1 saturated heterocycles. The largest absolute Gasteiger partial charge is 0.481 e. The molecule has 1 amide bonds. The summed E-state index contributed by atoms with van der Waals surface area (Å²) in [6.07, 6.45) is 0. The first kappa shape index (κ1) is 18.0.